The summed E-state index contributed by atoms with van der Waals surface area (Å²) in [6.07, 6.45) is 1.88. The van der Waals surface area contributed by atoms with Crippen LogP contribution >= 0.6 is 0 Å². The van der Waals surface area contributed by atoms with E-state index in [1.54, 1.807) is 0 Å². The second-order valence-electron chi connectivity index (χ2n) is 9.79. The summed E-state index contributed by atoms with van der Waals surface area (Å²) in [6.45, 7) is 12.0. The molecule has 0 unspecified atom stereocenters. The van der Waals surface area contributed by atoms with Gasteiger partial charge >= 0.3 is 0 Å². The van der Waals surface area contributed by atoms with Crippen LogP contribution in [0, 0.1) is 0 Å². The van der Waals surface area contributed by atoms with Gasteiger partial charge in [0.1, 0.15) is 11.4 Å². The third-order valence-corrected chi connectivity index (χ3v) is 10.8. The molecule has 0 heterocycles. The Balaban J connectivity index is 1.78. The maximum absolute atomic E-state index is 7.00. The summed E-state index contributed by atoms with van der Waals surface area (Å²) >= 11 is 0. The van der Waals surface area contributed by atoms with Crippen LogP contribution in [0.25, 0.3) is 0 Å². The number of para-hydroxylation sites is 1. The van der Waals surface area contributed by atoms with Gasteiger partial charge in [0, 0.05) is 6.61 Å². The van der Waals surface area contributed by atoms with Crippen LogP contribution in [0.15, 0.2) is 91.0 Å². The van der Waals surface area contributed by atoms with Crippen LogP contribution in [0.4, 0.5) is 0 Å². The monoisotopic (exact) mass is 432 g/mol. The Bertz CT molecular complexity index is 876. The first-order valence-electron chi connectivity index (χ1n) is 11.2. The van der Waals surface area contributed by atoms with E-state index in [-0.39, 0.29) is 10.6 Å². The zero-order valence-electron chi connectivity index (χ0n) is 19.6. The summed E-state index contributed by atoms with van der Waals surface area (Å²) in [4.78, 5) is 0. The topological polar surface area (TPSA) is 18.5 Å². The number of ether oxygens (including phenoxy) is 1. The minimum atomic E-state index is -2.46. The summed E-state index contributed by atoms with van der Waals surface area (Å²) in [5, 5.41) is 2.66. The number of hydrogen-bond donors (Lipinski definition) is 0. The van der Waals surface area contributed by atoms with Crippen molar-refractivity contribution in [3.8, 4) is 5.75 Å². The molecule has 0 amide bonds. The average Bonchev–Trinajstić information content (AvgIpc) is 2.74. The van der Waals surface area contributed by atoms with Crippen LogP contribution in [-0.4, -0.2) is 20.5 Å². The van der Waals surface area contributed by atoms with Crippen LogP contribution in [0.2, 0.25) is 5.04 Å². The zero-order valence-corrected chi connectivity index (χ0v) is 20.6. The summed E-state index contributed by atoms with van der Waals surface area (Å²) in [7, 11) is -2.46. The molecule has 0 aliphatic heterocycles. The molecule has 0 aliphatic rings. The van der Waals surface area contributed by atoms with Gasteiger partial charge in [-0.05, 0) is 54.2 Å². The Labute approximate surface area is 189 Å². The Morgan fingerprint density at radius 2 is 1.10 bits per heavy atom. The van der Waals surface area contributed by atoms with Gasteiger partial charge in [0.25, 0.3) is 8.32 Å². The largest absolute Gasteiger partial charge is 0.488 e. The second-order valence-corrected chi connectivity index (χ2v) is 14.1. The maximum Gasteiger partial charge on any atom is 0.261 e. The molecule has 3 aromatic rings. The molecule has 3 aromatic carbocycles. The van der Waals surface area contributed by atoms with Crippen molar-refractivity contribution >= 4 is 18.7 Å². The fourth-order valence-electron chi connectivity index (χ4n) is 4.34. The van der Waals surface area contributed by atoms with Gasteiger partial charge in [-0.15, -0.1) is 0 Å². The molecule has 0 aromatic heterocycles. The van der Waals surface area contributed by atoms with Crippen molar-refractivity contribution in [2.75, 3.05) is 6.61 Å². The Morgan fingerprint density at radius 3 is 1.55 bits per heavy atom. The molecule has 0 spiro atoms. The van der Waals surface area contributed by atoms with E-state index in [4.69, 9.17) is 9.16 Å². The fraction of sp³-hybridized carbons (Fsp3) is 0.357. The van der Waals surface area contributed by atoms with Gasteiger partial charge in [-0.3, -0.25) is 0 Å². The third-order valence-electron chi connectivity index (χ3n) is 5.80. The summed E-state index contributed by atoms with van der Waals surface area (Å²) in [5.41, 5.74) is -0.240. The zero-order chi connectivity index (χ0) is 22.4. The lowest BCUT2D eigenvalue weighted by atomic mass is 10.0. The van der Waals surface area contributed by atoms with E-state index in [0.717, 1.165) is 25.2 Å². The van der Waals surface area contributed by atoms with E-state index in [2.05, 4.69) is 95.3 Å². The molecule has 0 fully saturated rings. The van der Waals surface area contributed by atoms with Crippen molar-refractivity contribution in [1.29, 1.82) is 0 Å². The van der Waals surface area contributed by atoms with Crippen molar-refractivity contribution in [2.24, 2.45) is 0 Å². The number of benzene rings is 3. The number of hydrogen-bond acceptors (Lipinski definition) is 2. The Morgan fingerprint density at radius 1 is 0.645 bits per heavy atom. The van der Waals surface area contributed by atoms with E-state index in [1.807, 2.05) is 30.3 Å². The summed E-state index contributed by atoms with van der Waals surface area (Å²) in [5.74, 6) is 0.917. The molecule has 31 heavy (non-hydrogen) atoms. The normalized spacial score (nSPS) is 12.5. The molecule has 3 heteroatoms. The average molecular weight is 433 g/mol. The Kier molecular flexibility index (Phi) is 7.40. The van der Waals surface area contributed by atoms with Gasteiger partial charge < -0.3 is 9.16 Å². The van der Waals surface area contributed by atoms with Crippen molar-refractivity contribution in [1.82, 2.24) is 0 Å². The lowest BCUT2D eigenvalue weighted by Gasteiger charge is -2.43. The van der Waals surface area contributed by atoms with Gasteiger partial charge in [-0.25, -0.2) is 0 Å². The molecular formula is C28H36O2Si. The Hall–Kier alpha value is -2.36. The standard InChI is InChI=1S/C28H36O2Si/c1-27(2,3)31(25-18-11-7-12-19-25,26-20-13-8-14-21-26)29-23-15-22-28(4,5)30-24-16-9-6-10-17-24/h6-14,16-21H,15,22-23H2,1-5H3. The molecular weight excluding hydrogens is 396 g/mol. The van der Waals surface area contributed by atoms with Crippen LogP contribution in [0.3, 0.4) is 0 Å². The van der Waals surface area contributed by atoms with Gasteiger partial charge in [-0.1, -0.05) is 99.6 Å². The lowest BCUT2D eigenvalue weighted by molar-refractivity contribution is 0.0905. The highest BCUT2D eigenvalue weighted by atomic mass is 28.4. The van der Waals surface area contributed by atoms with Crippen LogP contribution in [0.1, 0.15) is 47.5 Å². The van der Waals surface area contributed by atoms with E-state index < -0.39 is 8.32 Å². The van der Waals surface area contributed by atoms with Crippen LogP contribution in [0.5, 0.6) is 5.75 Å². The van der Waals surface area contributed by atoms with Gasteiger partial charge in [-0.2, -0.15) is 0 Å². The molecule has 3 rings (SSSR count). The van der Waals surface area contributed by atoms with Gasteiger partial charge in [0.2, 0.25) is 0 Å². The molecule has 0 N–H and O–H groups in total. The molecule has 0 aliphatic carbocycles. The van der Waals surface area contributed by atoms with E-state index in [1.165, 1.54) is 10.4 Å². The number of rotatable bonds is 9. The smallest absolute Gasteiger partial charge is 0.261 e. The van der Waals surface area contributed by atoms with Crippen molar-refractivity contribution in [3.05, 3.63) is 91.0 Å². The van der Waals surface area contributed by atoms with Gasteiger partial charge in [0.15, 0.2) is 0 Å². The highest BCUT2D eigenvalue weighted by Crippen LogP contribution is 2.37. The molecule has 2 nitrogen and oxygen atoms in total. The highest BCUT2D eigenvalue weighted by Gasteiger charge is 2.50. The minimum absolute atomic E-state index is 0.00572. The fourth-order valence-corrected chi connectivity index (χ4v) is 8.95. The van der Waals surface area contributed by atoms with Crippen molar-refractivity contribution in [2.45, 2.75) is 58.1 Å². The maximum atomic E-state index is 7.00. The van der Waals surface area contributed by atoms with Crippen molar-refractivity contribution in [3.63, 3.8) is 0 Å². The van der Waals surface area contributed by atoms with E-state index in [9.17, 15) is 0 Å². The third kappa shape index (κ3) is 5.66. The predicted molar refractivity (Wildman–Crippen MR) is 134 cm³/mol. The molecule has 0 saturated carbocycles. The van der Waals surface area contributed by atoms with Crippen molar-refractivity contribution < 1.29 is 9.16 Å². The summed E-state index contributed by atoms with van der Waals surface area (Å²) in [6, 6.07) is 31.7. The predicted octanol–water partition coefficient (Wildman–Crippen LogP) is 6.20. The first-order chi connectivity index (χ1) is 14.7. The quantitative estimate of drug-likeness (QED) is 0.296. The van der Waals surface area contributed by atoms with E-state index >= 15 is 0 Å². The first kappa shape index (κ1) is 23.3. The molecule has 0 saturated heterocycles. The van der Waals surface area contributed by atoms with Crippen LogP contribution in [-0.2, 0) is 4.43 Å². The molecule has 164 valence electrons. The highest BCUT2D eigenvalue weighted by molar-refractivity contribution is 6.99. The van der Waals surface area contributed by atoms with E-state index in [0.29, 0.717) is 0 Å². The summed E-state index contributed by atoms with van der Waals surface area (Å²) < 4.78 is 13.2. The van der Waals surface area contributed by atoms with Crippen LogP contribution < -0.4 is 15.1 Å². The second kappa shape index (κ2) is 9.84. The molecule has 0 atom stereocenters. The lowest BCUT2D eigenvalue weighted by Crippen LogP contribution is -2.66. The van der Waals surface area contributed by atoms with Gasteiger partial charge in [0.05, 0.1) is 0 Å². The SMILES string of the molecule is CC(C)(CCCO[Si](c1ccccc1)(c1ccccc1)C(C)(C)C)Oc1ccccc1. The molecule has 0 radical (unpaired) electrons. The minimum Gasteiger partial charge on any atom is -0.488 e. The molecule has 0 bridgehead atoms. The first-order valence-corrected chi connectivity index (χ1v) is 13.1.